The first kappa shape index (κ1) is 24.0. The Balaban J connectivity index is 1.36. The van der Waals surface area contributed by atoms with Gasteiger partial charge in [0.2, 0.25) is 0 Å². The molecule has 1 amide bonds. The van der Waals surface area contributed by atoms with Crippen LogP contribution in [0.25, 0.3) is 11.1 Å². The third-order valence-corrected chi connectivity index (χ3v) is 6.70. The summed E-state index contributed by atoms with van der Waals surface area (Å²) in [6, 6.07) is 25.5. The van der Waals surface area contributed by atoms with Crippen molar-refractivity contribution < 1.29 is 14.3 Å². The van der Waals surface area contributed by atoms with Gasteiger partial charge in [-0.25, -0.2) is 0 Å². The molecule has 34 heavy (non-hydrogen) atoms. The maximum absolute atomic E-state index is 12.8. The molecule has 3 aromatic carbocycles. The van der Waals surface area contributed by atoms with E-state index in [1.54, 1.807) is 0 Å². The van der Waals surface area contributed by atoms with Crippen LogP contribution in [0.5, 0.6) is 5.75 Å². The molecule has 1 aliphatic carbocycles. The lowest BCUT2D eigenvalue weighted by Crippen LogP contribution is -2.41. The van der Waals surface area contributed by atoms with Crippen molar-refractivity contribution >= 4 is 5.91 Å². The Kier molecular flexibility index (Phi) is 8.02. The Morgan fingerprint density at radius 1 is 0.853 bits per heavy atom. The SMILES string of the molecule is CCOC(Cc1ccc(OCCC2c3ccccc3-c3ccccc32)cc1)C(=O)N(CC)CC. The van der Waals surface area contributed by atoms with Crippen molar-refractivity contribution in [2.45, 2.75) is 45.6 Å². The van der Waals surface area contributed by atoms with E-state index in [0.717, 1.165) is 17.7 Å². The summed E-state index contributed by atoms with van der Waals surface area (Å²) in [6.07, 6.45) is 1.05. The van der Waals surface area contributed by atoms with Gasteiger partial charge < -0.3 is 14.4 Å². The van der Waals surface area contributed by atoms with E-state index >= 15 is 0 Å². The second-order valence-corrected chi connectivity index (χ2v) is 8.67. The number of ether oxygens (including phenoxy) is 2. The highest BCUT2D eigenvalue weighted by atomic mass is 16.5. The van der Waals surface area contributed by atoms with Crippen LogP contribution in [0.15, 0.2) is 72.8 Å². The van der Waals surface area contributed by atoms with E-state index in [4.69, 9.17) is 9.47 Å². The summed E-state index contributed by atoms with van der Waals surface area (Å²) in [4.78, 5) is 14.6. The Morgan fingerprint density at radius 2 is 1.44 bits per heavy atom. The van der Waals surface area contributed by atoms with Crippen molar-refractivity contribution in [1.82, 2.24) is 4.90 Å². The van der Waals surface area contributed by atoms with Crippen molar-refractivity contribution in [2.24, 2.45) is 0 Å². The van der Waals surface area contributed by atoms with Gasteiger partial charge in [-0.05, 0) is 67.1 Å². The van der Waals surface area contributed by atoms with Gasteiger partial charge in [-0.15, -0.1) is 0 Å². The molecule has 0 N–H and O–H groups in total. The minimum absolute atomic E-state index is 0.0595. The van der Waals surface area contributed by atoms with Crippen LogP contribution in [0.2, 0.25) is 0 Å². The fraction of sp³-hybridized carbons (Fsp3) is 0.367. The van der Waals surface area contributed by atoms with Crippen LogP contribution in [0.3, 0.4) is 0 Å². The highest BCUT2D eigenvalue weighted by molar-refractivity contribution is 5.81. The van der Waals surface area contributed by atoms with Gasteiger partial charge in [0.1, 0.15) is 11.9 Å². The Bertz CT molecular complexity index is 1040. The minimum atomic E-state index is -0.445. The summed E-state index contributed by atoms with van der Waals surface area (Å²) < 4.78 is 11.9. The van der Waals surface area contributed by atoms with Crippen molar-refractivity contribution in [3.63, 3.8) is 0 Å². The summed E-state index contributed by atoms with van der Waals surface area (Å²) in [6.45, 7) is 8.49. The fourth-order valence-electron chi connectivity index (χ4n) is 4.96. The third kappa shape index (κ3) is 5.18. The lowest BCUT2D eigenvalue weighted by molar-refractivity contribution is -0.143. The molecular formula is C30H35NO3. The van der Waals surface area contributed by atoms with E-state index in [1.807, 2.05) is 49.9 Å². The van der Waals surface area contributed by atoms with E-state index in [2.05, 4.69) is 48.5 Å². The van der Waals surface area contributed by atoms with Crippen LogP contribution in [0.4, 0.5) is 0 Å². The van der Waals surface area contributed by atoms with E-state index in [-0.39, 0.29) is 5.91 Å². The predicted octanol–water partition coefficient (Wildman–Crippen LogP) is 6.08. The van der Waals surface area contributed by atoms with Crippen LogP contribution < -0.4 is 4.74 Å². The first-order chi connectivity index (χ1) is 16.7. The fourth-order valence-corrected chi connectivity index (χ4v) is 4.96. The standard InChI is InChI=1S/C30H35NO3/c1-4-31(5-2)30(32)29(33-6-3)21-22-15-17-23(18-16-22)34-20-19-28-26-13-9-7-11-24(26)25-12-8-10-14-27(25)28/h7-18,28-29H,4-6,19-21H2,1-3H3. The van der Waals surface area contributed by atoms with Crippen molar-refractivity contribution in [2.75, 3.05) is 26.3 Å². The number of benzene rings is 3. The summed E-state index contributed by atoms with van der Waals surface area (Å²) in [7, 11) is 0. The molecule has 4 nitrogen and oxygen atoms in total. The monoisotopic (exact) mass is 457 g/mol. The zero-order valence-electron chi connectivity index (χ0n) is 20.5. The Hall–Kier alpha value is -3.11. The van der Waals surface area contributed by atoms with Gasteiger partial charge in [0.05, 0.1) is 6.61 Å². The molecule has 0 aliphatic heterocycles. The van der Waals surface area contributed by atoms with Gasteiger partial charge in [0.15, 0.2) is 0 Å². The summed E-state index contributed by atoms with van der Waals surface area (Å²) >= 11 is 0. The molecule has 0 spiro atoms. The summed E-state index contributed by atoms with van der Waals surface area (Å²) in [5, 5.41) is 0. The van der Waals surface area contributed by atoms with Crippen LogP contribution in [0.1, 0.15) is 49.8 Å². The minimum Gasteiger partial charge on any atom is -0.494 e. The second-order valence-electron chi connectivity index (χ2n) is 8.67. The molecule has 1 atom stereocenters. The molecule has 0 heterocycles. The number of likely N-dealkylation sites (N-methyl/N-ethyl adjacent to an activating group) is 1. The smallest absolute Gasteiger partial charge is 0.252 e. The van der Waals surface area contributed by atoms with E-state index in [0.29, 0.717) is 38.6 Å². The molecule has 4 rings (SSSR count). The number of carbonyl (C=O) groups is 1. The summed E-state index contributed by atoms with van der Waals surface area (Å²) in [5.74, 6) is 1.28. The van der Waals surface area contributed by atoms with Gasteiger partial charge in [-0.3, -0.25) is 4.79 Å². The molecule has 178 valence electrons. The van der Waals surface area contributed by atoms with E-state index in [1.165, 1.54) is 22.3 Å². The van der Waals surface area contributed by atoms with E-state index < -0.39 is 6.10 Å². The second kappa shape index (κ2) is 11.3. The average molecular weight is 458 g/mol. The van der Waals surface area contributed by atoms with Crippen molar-refractivity contribution in [3.05, 3.63) is 89.5 Å². The number of amides is 1. The first-order valence-electron chi connectivity index (χ1n) is 12.5. The lowest BCUT2D eigenvalue weighted by Gasteiger charge is -2.25. The van der Waals surface area contributed by atoms with Crippen LogP contribution in [0, 0.1) is 0 Å². The molecule has 1 aliphatic rings. The van der Waals surface area contributed by atoms with Crippen molar-refractivity contribution in [3.8, 4) is 16.9 Å². The first-order valence-corrected chi connectivity index (χ1v) is 12.5. The molecular weight excluding hydrogens is 422 g/mol. The number of hydrogen-bond acceptors (Lipinski definition) is 3. The number of carbonyl (C=O) groups excluding carboxylic acids is 1. The average Bonchev–Trinajstić information content (AvgIpc) is 3.19. The van der Waals surface area contributed by atoms with E-state index in [9.17, 15) is 4.79 Å². The predicted molar refractivity (Wildman–Crippen MR) is 137 cm³/mol. The molecule has 0 bridgehead atoms. The maximum Gasteiger partial charge on any atom is 0.252 e. The highest BCUT2D eigenvalue weighted by Gasteiger charge is 2.27. The molecule has 1 unspecified atom stereocenters. The summed E-state index contributed by atoms with van der Waals surface area (Å²) in [5.41, 5.74) is 6.54. The zero-order valence-corrected chi connectivity index (χ0v) is 20.5. The van der Waals surface area contributed by atoms with Gasteiger partial charge >= 0.3 is 0 Å². The molecule has 0 fully saturated rings. The molecule has 0 saturated heterocycles. The number of fused-ring (bicyclic) bond motifs is 3. The zero-order chi connectivity index (χ0) is 23.9. The maximum atomic E-state index is 12.8. The number of nitrogens with zero attached hydrogens (tertiary/aromatic N) is 1. The topological polar surface area (TPSA) is 38.8 Å². The third-order valence-electron chi connectivity index (χ3n) is 6.70. The molecule has 3 aromatic rings. The molecule has 0 radical (unpaired) electrons. The van der Waals surface area contributed by atoms with Gasteiger partial charge in [0.25, 0.3) is 5.91 Å². The van der Waals surface area contributed by atoms with Crippen LogP contribution >= 0.6 is 0 Å². The van der Waals surface area contributed by atoms with Crippen LogP contribution in [-0.4, -0.2) is 43.2 Å². The number of rotatable bonds is 11. The van der Waals surface area contributed by atoms with Gasteiger partial charge in [0, 0.05) is 32.0 Å². The Labute approximate surface area is 203 Å². The molecule has 4 heteroatoms. The van der Waals surface area contributed by atoms with Crippen molar-refractivity contribution in [1.29, 1.82) is 0 Å². The normalized spacial score (nSPS) is 13.3. The number of hydrogen-bond donors (Lipinski definition) is 0. The van der Waals surface area contributed by atoms with Gasteiger partial charge in [-0.2, -0.15) is 0 Å². The van der Waals surface area contributed by atoms with Gasteiger partial charge in [-0.1, -0.05) is 60.7 Å². The highest BCUT2D eigenvalue weighted by Crippen LogP contribution is 2.45. The molecule has 0 aromatic heterocycles. The lowest BCUT2D eigenvalue weighted by atomic mass is 9.94. The quantitative estimate of drug-likeness (QED) is 0.350. The molecule has 0 saturated carbocycles. The Morgan fingerprint density at radius 3 is 2.00 bits per heavy atom. The van der Waals surface area contributed by atoms with Crippen LogP contribution in [-0.2, 0) is 16.0 Å². The largest absolute Gasteiger partial charge is 0.494 e.